The van der Waals surface area contributed by atoms with Gasteiger partial charge in [0.15, 0.2) is 5.50 Å². The molecule has 1 N–H and O–H groups in total. The van der Waals surface area contributed by atoms with Crippen LogP contribution in [0.15, 0.2) is 89.8 Å². The van der Waals surface area contributed by atoms with Gasteiger partial charge in [-0.25, -0.2) is 0 Å². The van der Waals surface area contributed by atoms with E-state index in [1.165, 1.54) is 40.8 Å². The average Bonchev–Trinajstić information content (AvgIpc) is 3.19. The van der Waals surface area contributed by atoms with Gasteiger partial charge in [0.1, 0.15) is 0 Å². The summed E-state index contributed by atoms with van der Waals surface area (Å²) in [4.78, 5) is 17.0. The summed E-state index contributed by atoms with van der Waals surface area (Å²) in [5.74, 6) is 0.658. The van der Waals surface area contributed by atoms with Crippen molar-refractivity contribution >= 4 is 51.0 Å². The normalized spacial score (nSPS) is 23.9. The second kappa shape index (κ2) is 9.43. The molecule has 2 fully saturated rings. The molecule has 3 atom stereocenters. The van der Waals surface area contributed by atoms with E-state index in [0.717, 1.165) is 22.6 Å². The molecule has 0 spiro atoms. The predicted molar refractivity (Wildman–Crippen MR) is 149 cm³/mol. The first-order chi connectivity index (χ1) is 17.2. The van der Waals surface area contributed by atoms with Crippen molar-refractivity contribution < 1.29 is 4.79 Å². The summed E-state index contributed by atoms with van der Waals surface area (Å²) in [6.07, 6.45) is 6.85. The molecule has 176 valence electrons. The molecule has 1 saturated carbocycles. The van der Waals surface area contributed by atoms with E-state index in [1.807, 2.05) is 18.2 Å². The number of anilines is 1. The van der Waals surface area contributed by atoms with Gasteiger partial charge in [0.25, 0.3) is 5.91 Å². The van der Waals surface area contributed by atoms with Crippen molar-refractivity contribution in [1.82, 2.24) is 4.90 Å². The maximum atomic E-state index is 14.0. The first-order valence-corrected chi connectivity index (χ1v) is 13.5. The van der Waals surface area contributed by atoms with Crippen LogP contribution in [0.3, 0.4) is 0 Å². The molecule has 1 aliphatic heterocycles. The Morgan fingerprint density at radius 1 is 0.857 bits per heavy atom. The second-order valence-electron chi connectivity index (χ2n) is 9.76. The molecule has 35 heavy (non-hydrogen) atoms. The van der Waals surface area contributed by atoms with Gasteiger partial charge in [-0.2, -0.15) is 0 Å². The Bertz CT molecular complexity index is 1360. The van der Waals surface area contributed by atoms with Gasteiger partial charge in [-0.1, -0.05) is 98.3 Å². The van der Waals surface area contributed by atoms with Crippen molar-refractivity contribution in [2.24, 2.45) is 5.92 Å². The monoisotopic (exact) mass is 478 g/mol. The molecule has 0 radical (unpaired) electrons. The minimum Gasteiger partial charge on any atom is -0.356 e. The number of para-hydroxylation sites is 1. The molecule has 1 unspecified atom stereocenters. The number of carbonyl (C=O) groups is 1. The third-order valence-corrected chi connectivity index (χ3v) is 8.63. The lowest BCUT2D eigenvalue weighted by molar-refractivity contribution is -0.129. The summed E-state index contributed by atoms with van der Waals surface area (Å²) in [5, 5.41) is 8.42. The summed E-state index contributed by atoms with van der Waals surface area (Å²) in [7, 11) is 0. The largest absolute Gasteiger partial charge is 0.356 e. The lowest BCUT2D eigenvalue weighted by Crippen LogP contribution is -2.48. The number of thioether (sulfide) groups is 1. The minimum atomic E-state index is -0.108. The highest BCUT2D eigenvalue weighted by molar-refractivity contribution is 8.05. The molecular weight excluding hydrogens is 448 g/mol. The van der Waals surface area contributed by atoms with Gasteiger partial charge >= 0.3 is 0 Å². The van der Waals surface area contributed by atoms with E-state index < -0.39 is 0 Å². The first kappa shape index (κ1) is 22.2. The van der Waals surface area contributed by atoms with E-state index >= 15 is 0 Å². The Kier molecular flexibility index (Phi) is 5.99. The van der Waals surface area contributed by atoms with Gasteiger partial charge in [0.2, 0.25) is 0 Å². The summed E-state index contributed by atoms with van der Waals surface area (Å²) in [6.45, 7) is 2.31. The van der Waals surface area contributed by atoms with Crippen LogP contribution >= 0.6 is 11.8 Å². The Hall–Kier alpha value is -3.24. The van der Waals surface area contributed by atoms with Crippen LogP contribution in [0, 0.1) is 5.92 Å². The van der Waals surface area contributed by atoms with Crippen LogP contribution in [0.5, 0.6) is 0 Å². The number of benzene rings is 4. The van der Waals surface area contributed by atoms with Gasteiger partial charge in [0.05, 0.1) is 4.91 Å². The maximum Gasteiger partial charge on any atom is 0.262 e. The third-order valence-electron chi connectivity index (χ3n) is 7.51. The molecular formula is C31H30N2OS. The van der Waals surface area contributed by atoms with Crippen molar-refractivity contribution in [2.45, 2.75) is 44.1 Å². The summed E-state index contributed by atoms with van der Waals surface area (Å²) in [6, 6.07) is 29.7. The highest BCUT2D eigenvalue weighted by Gasteiger charge is 2.43. The molecule has 4 aromatic carbocycles. The maximum absolute atomic E-state index is 14.0. The molecule has 0 bridgehead atoms. The van der Waals surface area contributed by atoms with E-state index in [0.29, 0.717) is 5.92 Å². The van der Waals surface area contributed by atoms with E-state index in [2.05, 4.69) is 89.9 Å². The number of amides is 1. The lowest BCUT2D eigenvalue weighted by atomic mass is 9.85. The topological polar surface area (TPSA) is 32.3 Å². The lowest BCUT2D eigenvalue weighted by Gasteiger charge is -2.39. The van der Waals surface area contributed by atoms with Gasteiger partial charge < -0.3 is 10.2 Å². The van der Waals surface area contributed by atoms with Crippen molar-refractivity contribution in [3.05, 3.63) is 95.4 Å². The average molecular weight is 479 g/mol. The number of hydrogen-bond donors (Lipinski definition) is 1. The fourth-order valence-electron chi connectivity index (χ4n) is 5.70. The SMILES string of the molecule is C[C@@H]1CCCC[C@H]1N1C(=O)/C(=C/c2c3ccccc3cc3ccccc23)SC1Nc1ccccc1. The van der Waals surface area contributed by atoms with Crippen molar-refractivity contribution in [2.75, 3.05) is 5.32 Å². The van der Waals surface area contributed by atoms with Gasteiger partial charge in [0, 0.05) is 11.7 Å². The van der Waals surface area contributed by atoms with Crippen LogP contribution < -0.4 is 5.32 Å². The zero-order valence-electron chi connectivity index (χ0n) is 20.0. The zero-order valence-corrected chi connectivity index (χ0v) is 20.8. The van der Waals surface area contributed by atoms with Crippen LogP contribution in [-0.4, -0.2) is 22.3 Å². The third kappa shape index (κ3) is 4.21. The quantitative estimate of drug-likeness (QED) is 0.239. The Morgan fingerprint density at radius 2 is 1.49 bits per heavy atom. The summed E-state index contributed by atoms with van der Waals surface area (Å²) in [5.41, 5.74) is 2.07. The number of nitrogens with one attached hydrogen (secondary N) is 1. The molecule has 4 aromatic rings. The fourth-order valence-corrected chi connectivity index (χ4v) is 6.90. The standard InChI is InChI=1S/C31H30N2OS/c1-21-11-5-10-18-28(21)33-30(34)29(35-31(33)32-24-14-3-2-4-15-24)20-27-25-16-8-6-12-22(25)19-23-13-7-9-17-26(23)27/h2-4,6-9,12-17,19-21,28,31-32H,5,10-11,18H2,1H3/b29-20-/t21-,28-,31?/m1/s1. The molecule has 1 heterocycles. The second-order valence-corrected chi connectivity index (χ2v) is 10.9. The molecule has 6 rings (SSSR count). The van der Waals surface area contributed by atoms with Crippen molar-refractivity contribution in [1.29, 1.82) is 0 Å². The molecule has 3 nitrogen and oxygen atoms in total. The first-order valence-electron chi connectivity index (χ1n) is 12.6. The Morgan fingerprint density at radius 3 is 2.17 bits per heavy atom. The summed E-state index contributed by atoms with van der Waals surface area (Å²) < 4.78 is 0. The highest BCUT2D eigenvalue weighted by Crippen LogP contribution is 2.43. The number of carbonyl (C=O) groups excluding carboxylic acids is 1. The van der Waals surface area contributed by atoms with Gasteiger partial charge in [-0.3, -0.25) is 4.79 Å². The predicted octanol–water partition coefficient (Wildman–Crippen LogP) is 7.88. The number of hydrogen-bond acceptors (Lipinski definition) is 3. The number of rotatable bonds is 4. The van der Waals surface area contributed by atoms with E-state index in [1.54, 1.807) is 11.8 Å². The van der Waals surface area contributed by atoms with Crippen LogP contribution in [0.2, 0.25) is 0 Å². The molecule has 0 aromatic heterocycles. The smallest absolute Gasteiger partial charge is 0.262 e. The summed E-state index contributed by atoms with van der Waals surface area (Å²) >= 11 is 1.66. The molecule has 1 saturated heterocycles. The fraction of sp³-hybridized carbons (Fsp3) is 0.258. The molecule has 1 aliphatic carbocycles. The minimum absolute atomic E-state index is 0.108. The Balaban J connectivity index is 1.46. The molecule has 1 amide bonds. The molecule has 2 aliphatic rings. The van der Waals surface area contributed by atoms with Crippen molar-refractivity contribution in [3.8, 4) is 0 Å². The van der Waals surface area contributed by atoms with E-state index in [9.17, 15) is 4.79 Å². The van der Waals surface area contributed by atoms with Gasteiger partial charge in [-0.15, -0.1) is 0 Å². The van der Waals surface area contributed by atoms with E-state index in [4.69, 9.17) is 0 Å². The van der Waals surface area contributed by atoms with E-state index in [-0.39, 0.29) is 17.4 Å². The Labute approximate surface area is 211 Å². The van der Waals surface area contributed by atoms with Crippen molar-refractivity contribution in [3.63, 3.8) is 0 Å². The van der Waals surface area contributed by atoms with Gasteiger partial charge in [-0.05, 0) is 70.1 Å². The van der Waals surface area contributed by atoms with Crippen LogP contribution in [0.4, 0.5) is 5.69 Å². The van der Waals surface area contributed by atoms with Crippen LogP contribution in [0.25, 0.3) is 27.6 Å². The van der Waals surface area contributed by atoms with Crippen LogP contribution in [0.1, 0.15) is 38.2 Å². The van der Waals surface area contributed by atoms with Crippen LogP contribution in [-0.2, 0) is 4.79 Å². The molecule has 4 heteroatoms. The highest BCUT2D eigenvalue weighted by atomic mass is 32.2. The zero-order chi connectivity index (χ0) is 23.8. The number of fused-ring (bicyclic) bond motifs is 2. The number of nitrogens with zero attached hydrogens (tertiary/aromatic N) is 1.